The van der Waals surface area contributed by atoms with Gasteiger partial charge in [-0.25, -0.2) is 5.43 Å². The Hall–Kier alpha value is -3.51. The maximum Gasteiger partial charge on any atom is 0.271 e. The van der Waals surface area contributed by atoms with Crippen molar-refractivity contribution in [1.82, 2.24) is 5.43 Å². The van der Waals surface area contributed by atoms with Crippen LogP contribution < -0.4 is 19.6 Å². The molecule has 0 aliphatic carbocycles. The largest absolute Gasteiger partial charge is 0.490 e. The van der Waals surface area contributed by atoms with E-state index in [0.717, 1.165) is 11.1 Å². The first-order valence-electron chi connectivity index (χ1n) is 10.3. The number of hydrogen-bond donors (Lipinski definition) is 1. The van der Waals surface area contributed by atoms with Crippen molar-refractivity contribution in [2.24, 2.45) is 5.10 Å². The maximum absolute atomic E-state index is 12.5. The van der Waals surface area contributed by atoms with E-state index in [2.05, 4.69) is 10.5 Å². The molecule has 7 heteroatoms. The number of hydrazone groups is 1. The van der Waals surface area contributed by atoms with Gasteiger partial charge in [0.1, 0.15) is 12.4 Å². The first-order chi connectivity index (χ1) is 15.6. The molecule has 0 aliphatic rings. The molecule has 0 bridgehead atoms. The predicted molar refractivity (Wildman–Crippen MR) is 126 cm³/mol. The standard InChI is InChI=1S/C25H25ClN2O4/c1-3-30-23-14-13-18(15-24(23)31-4-2)25(29)28-27-16-19-9-6-8-12-22(19)32-17-20-10-5-7-11-21(20)26/h5-16H,3-4,17H2,1-2H3,(H,28,29)/b27-16+. The Bertz CT molecular complexity index is 1090. The van der Waals surface area contributed by atoms with E-state index in [-0.39, 0.29) is 5.91 Å². The number of carbonyl (C=O) groups is 1. The first-order valence-corrected chi connectivity index (χ1v) is 10.7. The maximum atomic E-state index is 12.5. The fourth-order valence-electron chi connectivity index (χ4n) is 2.91. The molecule has 6 nitrogen and oxygen atoms in total. The Morgan fingerprint density at radius 1 is 0.906 bits per heavy atom. The third-order valence-corrected chi connectivity index (χ3v) is 4.80. The monoisotopic (exact) mass is 452 g/mol. The Labute approximate surface area is 192 Å². The van der Waals surface area contributed by atoms with Crippen molar-refractivity contribution in [1.29, 1.82) is 0 Å². The van der Waals surface area contributed by atoms with Crippen LogP contribution in [-0.4, -0.2) is 25.3 Å². The summed E-state index contributed by atoms with van der Waals surface area (Å²) in [6, 6.07) is 19.9. The lowest BCUT2D eigenvalue weighted by Gasteiger charge is -2.12. The van der Waals surface area contributed by atoms with Crippen LogP contribution in [0.3, 0.4) is 0 Å². The summed E-state index contributed by atoms with van der Waals surface area (Å²) in [4.78, 5) is 12.5. The molecular weight excluding hydrogens is 428 g/mol. The van der Waals surface area contributed by atoms with Crippen LogP contribution in [0.5, 0.6) is 17.2 Å². The number of rotatable bonds is 10. The van der Waals surface area contributed by atoms with Gasteiger partial charge in [0.2, 0.25) is 0 Å². The average Bonchev–Trinajstić information content (AvgIpc) is 2.80. The van der Waals surface area contributed by atoms with Crippen LogP contribution >= 0.6 is 11.6 Å². The van der Waals surface area contributed by atoms with Crippen LogP contribution in [0, 0.1) is 0 Å². The molecule has 0 radical (unpaired) electrons. The summed E-state index contributed by atoms with van der Waals surface area (Å²) >= 11 is 6.19. The zero-order valence-corrected chi connectivity index (χ0v) is 18.8. The highest BCUT2D eigenvalue weighted by Gasteiger charge is 2.11. The summed E-state index contributed by atoms with van der Waals surface area (Å²) in [5.74, 6) is 1.38. The van der Waals surface area contributed by atoms with E-state index in [1.807, 2.05) is 62.4 Å². The summed E-state index contributed by atoms with van der Waals surface area (Å²) in [6.07, 6.45) is 1.54. The first kappa shape index (κ1) is 23.2. The highest BCUT2D eigenvalue weighted by molar-refractivity contribution is 6.31. The van der Waals surface area contributed by atoms with Crippen molar-refractivity contribution >= 4 is 23.7 Å². The van der Waals surface area contributed by atoms with Gasteiger partial charge in [0, 0.05) is 21.7 Å². The molecule has 3 rings (SSSR count). The number of carbonyl (C=O) groups excluding carboxylic acids is 1. The van der Waals surface area contributed by atoms with E-state index in [9.17, 15) is 4.79 Å². The molecule has 1 amide bonds. The van der Waals surface area contributed by atoms with Crippen molar-refractivity contribution in [2.75, 3.05) is 13.2 Å². The molecule has 0 saturated carbocycles. The number of halogens is 1. The smallest absolute Gasteiger partial charge is 0.271 e. The molecule has 0 heterocycles. The van der Waals surface area contributed by atoms with Crippen molar-refractivity contribution in [3.63, 3.8) is 0 Å². The van der Waals surface area contributed by atoms with Crippen molar-refractivity contribution in [3.8, 4) is 17.2 Å². The minimum absolute atomic E-state index is 0.323. The lowest BCUT2D eigenvalue weighted by molar-refractivity contribution is 0.0954. The van der Waals surface area contributed by atoms with Crippen molar-refractivity contribution in [2.45, 2.75) is 20.5 Å². The lowest BCUT2D eigenvalue weighted by atomic mass is 10.2. The minimum Gasteiger partial charge on any atom is -0.490 e. The molecule has 3 aromatic carbocycles. The molecule has 0 atom stereocenters. The Kier molecular flexibility index (Phi) is 8.52. The molecule has 0 spiro atoms. The predicted octanol–water partition coefficient (Wildman–Crippen LogP) is 5.48. The molecule has 0 saturated heterocycles. The number of nitrogens with zero attached hydrogens (tertiary/aromatic N) is 1. The van der Waals surface area contributed by atoms with Gasteiger partial charge in [0.05, 0.1) is 19.4 Å². The molecule has 0 fully saturated rings. The van der Waals surface area contributed by atoms with Crippen LogP contribution in [0.25, 0.3) is 0 Å². The van der Waals surface area contributed by atoms with E-state index in [1.54, 1.807) is 18.2 Å². The summed E-state index contributed by atoms with van der Waals surface area (Å²) < 4.78 is 17.0. The molecule has 1 N–H and O–H groups in total. The van der Waals surface area contributed by atoms with Crippen molar-refractivity contribution in [3.05, 3.63) is 88.4 Å². The molecule has 0 aromatic heterocycles. The minimum atomic E-state index is -0.361. The fourth-order valence-corrected chi connectivity index (χ4v) is 3.10. The number of nitrogens with one attached hydrogen (secondary N) is 1. The fraction of sp³-hybridized carbons (Fsp3) is 0.200. The molecule has 32 heavy (non-hydrogen) atoms. The third-order valence-electron chi connectivity index (χ3n) is 4.44. The summed E-state index contributed by atoms with van der Waals surface area (Å²) in [7, 11) is 0. The van der Waals surface area contributed by atoms with Crippen molar-refractivity contribution < 1.29 is 19.0 Å². The molecule has 166 valence electrons. The second-order valence-electron chi connectivity index (χ2n) is 6.64. The second kappa shape index (κ2) is 11.8. The quantitative estimate of drug-likeness (QED) is 0.326. The van der Waals surface area contributed by atoms with Crippen LogP contribution in [0.4, 0.5) is 0 Å². The van der Waals surface area contributed by atoms with Crippen LogP contribution in [0.2, 0.25) is 5.02 Å². The average molecular weight is 453 g/mol. The van der Waals surface area contributed by atoms with Gasteiger partial charge in [0.25, 0.3) is 5.91 Å². The molecular formula is C25H25ClN2O4. The van der Waals surface area contributed by atoms with Crippen LogP contribution in [0.1, 0.15) is 35.3 Å². The van der Waals surface area contributed by atoms with E-state index in [4.69, 9.17) is 25.8 Å². The van der Waals surface area contributed by atoms with E-state index >= 15 is 0 Å². The lowest BCUT2D eigenvalue weighted by Crippen LogP contribution is -2.18. The molecule has 3 aromatic rings. The zero-order valence-electron chi connectivity index (χ0n) is 18.0. The SMILES string of the molecule is CCOc1ccc(C(=O)N/N=C/c2ccccc2OCc2ccccc2Cl)cc1OCC. The summed E-state index contributed by atoms with van der Waals surface area (Å²) in [5, 5.41) is 4.73. The second-order valence-corrected chi connectivity index (χ2v) is 7.05. The van der Waals surface area contributed by atoms with Crippen LogP contribution in [-0.2, 0) is 6.61 Å². The summed E-state index contributed by atoms with van der Waals surface area (Å²) in [6.45, 7) is 5.06. The van der Waals surface area contributed by atoms with Gasteiger partial charge in [-0.1, -0.05) is 41.9 Å². The van der Waals surface area contributed by atoms with Gasteiger partial charge < -0.3 is 14.2 Å². The van der Waals surface area contributed by atoms with Gasteiger partial charge >= 0.3 is 0 Å². The number of amides is 1. The zero-order chi connectivity index (χ0) is 22.8. The van der Waals surface area contributed by atoms with E-state index in [0.29, 0.717) is 47.7 Å². The molecule has 0 aliphatic heterocycles. The van der Waals surface area contributed by atoms with Gasteiger partial charge in [-0.05, 0) is 50.2 Å². The third kappa shape index (κ3) is 6.25. The summed E-state index contributed by atoms with van der Waals surface area (Å²) in [5.41, 5.74) is 4.56. The number of ether oxygens (including phenoxy) is 3. The van der Waals surface area contributed by atoms with Gasteiger partial charge in [0.15, 0.2) is 11.5 Å². The van der Waals surface area contributed by atoms with Crippen LogP contribution in [0.15, 0.2) is 71.8 Å². The Morgan fingerprint density at radius 2 is 1.62 bits per heavy atom. The Morgan fingerprint density at radius 3 is 2.41 bits per heavy atom. The van der Waals surface area contributed by atoms with E-state index < -0.39 is 0 Å². The number of benzene rings is 3. The normalized spacial score (nSPS) is 10.7. The molecule has 0 unspecified atom stereocenters. The highest BCUT2D eigenvalue weighted by Crippen LogP contribution is 2.28. The van der Waals surface area contributed by atoms with Gasteiger partial charge in [-0.15, -0.1) is 0 Å². The number of para-hydroxylation sites is 1. The Balaban J connectivity index is 1.66. The van der Waals surface area contributed by atoms with Gasteiger partial charge in [-0.3, -0.25) is 4.79 Å². The number of hydrogen-bond acceptors (Lipinski definition) is 5. The van der Waals surface area contributed by atoms with E-state index in [1.165, 1.54) is 6.21 Å². The van der Waals surface area contributed by atoms with Gasteiger partial charge in [-0.2, -0.15) is 5.10 Å². The highest BCUT2D eigenvalue weighted by atomic mass is 35.5. The topological polar surface area (TPSA) is 69.2 Å².